The molecule has 4 unspecified atom stereocenters. The van der Waals surface area contributed by atoms with Gasteiger partial charge in [0.1, 0.15) is 0 Å². The molecule has 1 aromatic rings. The Morgan fingerprint density at radius 2 is 1.66 bits per heavy atom. The first kappa shape index (κ1) is 24.0. The number of piperidine rings is 2. The Labute approximate surface area is 197 Å². The van der Waals surface area contributed by atoms with Gasteiger partial charge < -0.3 is 9.64 Å². The topological polar surface area (TPSA) is 28.6 Å². The fraction of sp³-hybridized carbons (Fsp3) is 0.821. The molecule has 32 heavy (non-hydrogen) atoms. The van der Waals surface area contributed by atoms with Crippen LogP contribution in [0.1, 0.15) is 79.6 Å². The summed E-state index contributed by atoms with van der Waals surface area (Å²) in [7, 11) is 0. The van der Waals surface area contributed by atoms with Crippen molar-refractivity contribution in [3.05, 3.63) is 24.5 Å². The first-order valence-electron chi connectivity index (χ1n) is 13.2. The summed E-state index contributed by atoms with van der Waals surface area (Å²) in [6.45, 7) is 18.1. The quantitative estimate of drug-likeness (QED) is 0.558. The van der Waals surface area contributed by atoms with E-state index in [-0.39, 0.29) is 0 Å². The first-order chi connectivity index (χ1) is 15.2. The molecule has 3 aliphatic rings. The van der Waals surface area contributed by atoms with Crippen LogP contribution in [0.3, 0.4) is 0 Å². The van der Waals surface area contributed by atoms with Gasteiger partial charge in [0.05, 0.1) is 6.10 Å². The van der Waals surface area contributed by atoms with Crippen LogP contribution in [-0.4, -0.2) is 54.8 Å². The summed E-state index contributed by atoms with van der Waals surface area (Å²) in [4.78, 5) is 9.60. The van der Waals surface area contributed by atoms with Crippen molar-refractivity contribution in [1.29, 1.82) is 0 Å². The zero-order valence-corrected chi connectivity index (χ0v) is 21.4. The molecule has 4 atom stereocenters. The van der Waals surface area contributed by atoms with Gasteiger partial charge in [-0.3, -0.25) is 9.88 Å². The summed E-state index contributed by atoms with van der Waals surface area (Å²) < 4.78 is 6.38. The Hall–Kier alpha value is -1.13. The Bertz CT molecular complexity index is 713. The lowest BCUT2D eigenvalue weighted by Crippen LogP contribution is -2.50. The van der Waals surface area contributed by atoms with E-state index in [9.17, 15) is 0 Å². The van der Waals surface area contributed by atoms with Gasteiger partial charge >= 0.3 is 0 Å². The van der Waals surface area contributed by atoms with Crippen molar-refractivity contribution < 1.29 is 4.74 Å². The van der Waals surface area contributed by atoms with Crippen LogP contribution >= 0.6 is 0 Å². The lowest BCUT2D eigenvalue weighted by atomic mass is 9.70. The Morgan fingerprint density at radius 3 is 2.41 bits per heavy atom. The number of hydrogen-bond donors (Lipinski definition) is 0. The van der Waals surface area contributed by atoms with E-state index < -0.39 is 0 Å². The van der Waals surface area contributed by atoms with Crippen LogP contribution < -0.4 is 4.90 Å². The molecule has 4 heteroatoms. The Balaban J connectivity index is 1.34. The van der Waals surface area contributed by atoms with Crippen LogP contribution in [0, 0.1) is 22.7 Å². The zero-order valence-electron chi connectivity index (χ0n) is 21.4. The zero-order chi connectivity index (χ0) is 22.8. The molecule has 0 aliphatic carbocycles. The van der Waals surface area contributed by atoms with E-state index in [2.05, 4.69) is 61.5 Å². The minimum absolute atomic E-state index is 0.300. The minimum atomic E-state index is 0.300. The highest BCUT2D eigenvalue weighted by atomic mass is 16.5. The van der Waals surface area contributed by atoms with Gasteiger partial charge in [-0.25, -0.2) is 0 Å². The van der Waals surface area contributed by atoms with Gasteiger partial charge in [-0.05, 0) is 86.3 Å². The van der Waals surface area contributed by atoms with Crippen LogP contribution in [0.5, 0.6) is 0 Å². The maximum absolute atomic E-state index is 6.38. The average Bonchev–Trinajstić information content (AvgIpc) is 2.79. The number of aromatic nitrogens is 1. The van der Waals surface area contributed by atoms with Gasteiger partial charge in [0.15, 0.2) is 0 Å². The van der Waals surface area contributed by atoms with E-state index in [0.29, 0.717) is 22.9 Å². The minimum Gasteiger partial charge on any atom is -0.378 e. The maximum atomic E-state index is 6.38. The van der Waals surface area contributed by atoms with E-state index in [1.807, 2.05) is 12.4 Å². The third-order valence-corrected chi connectivity index (χ3v) is 8.84. The lowest BCUT2D eigenvalue weighted by molar-refractivity contribution is -0.0631. The number of pyridine rings is 1. The van der Waals surface area contributed by atoms with Crippen LogP contribution in [0.25, 0.3) is 0 Å². The number of anilines is 1. The SMILES string of the molecule is CC(C)(C)C1CCCN(C2CCOC(CC(C)(C)C3CCCN(c4ccncc4)C3)C2)C1. The third kappa shape index (κ3) is 5.86. The average molecular weight is 442 g/mol. The van der Waals surface area contributed by atoms with Crippen molar-refractivity contribution in [2.75, 3.05) is 37.7 Å². The van der Waals surface area contributed by atoms with E-state index in [1.165, 1.54) is 70.3 Å². The highest BCUT2D eigenvalue weighted by Gasteiger charge is 2.39. The molecule has 0 amide bonds. The van der Waals surface area contributed by atoms with Crippen LogP contribution in [0.4, 0.5) is 5.69 Å². The molecule has 1 aromatic heterocycles. The number of ether oxygens (including phenoxy) is 1. The second-order valence-electron chi connectivity index (χ2n) is 12.6. The standard InChI is InChI=1S/C28H47N3O/c1-27(2,3)22-8-6-16-31(20-22)25-12-17-32-26(18-25)19-28(4,5)23-9-7-15-30(21-23)24-10-13-29-14-11-24/h10-11,13-14,22-23,25-26H,6-9,12,15-21H2,1-5H3. The molecule has 0 spiro atoms. The smallest absolute Gasteiger partial charge is 0.0595 e. The predicted molar refractivity (Wildman–Crippen MR) is 134 cm³/mol. The Kier molecular flexibility index (Phi) is 7.51. The molecule has 0 radical (unpaired) electrons. The van der Waals surface area contributed by atoms with Crippen molar-refractivity contribution in [2.24, 2.45) is 22.7 Å². The molecule has 0 bridgehead atoms. The second-order valence-corrected chi connectivity index (χ2v) is 12.6. The van der Waals surface area contributed by atoms with E-state index >= 15 is 0 Å². The van der Waals surface area contributed by atoms with Gasteiger partial charge in [-0.2, -0.15) is 0 Å². The normalized spacial score (nSPS) is 31.0. The summed E-state index contributed by atoms with van der Waals surface area (Å²) in [6, 6.07) is 5.04. The first-order valence-corrected chi connectivity index (χ1v) is 13.2. The van der Waals surface area contributed by atoms with Gasteiger partial charge in [0.25, 0.3) is 0 Å². The van der Waals surface area contributed by atoms with E-state index in [1.54, 1.807) is 0 Å². The monoisotopic (exact) mass is 441 g/mol. The third-order valence-electron chi connectivity index (χ3n) is 8.84. The van der Waals surface area contributed by atoms with Gasteiger partial charge in [0.2, 0.25) is 0 Å². The maximum Gasteiger partial charge on any atom is 0.0595 e. The highest BCUT2D eigenvalue weighted by molar-refractivity contribution is 5.45. The van der Waals surface area contributed by atoms with Crippen LogP contribution in [0.15, 0.2) is 24.5 Å². The summed E-state index contributed by atoms with van der Waals surface area (Å²) in [5.74, 6) is 1.55. The Morgan fingerprint density at radius 1 is 0.938 bits per heavy atom. The molecule has 4 heterocycles. The van der Waals surface area contributed by atoms with E-state index in [4.69, 9.17) is 4.74 Å². The van der Waals surface area contributed by atoms with Gasteiger partial charge in [0, 0.05) is 50.4 Å². The molecule has 180 valence electrons. The van der Waals surface area contributed by atoms with Crippen molar-refractivity contribution in [3.8, 4) is 0 Å². The number of rotatable bonds is 5. The van der Waals surface area contributed by atoms with Gasteiger partial charge in [-0.15, -0.1) is 0 Å². The highest BCUT2D eigenvalue weighted by Crippen LogP contribution is 2.41. The van der Waals surface area contributed by atoms with Crippen molar-refractivity contribution in [1.82, 2.24) is 9.88 Å². The molecule has 0 saturated carbocycles. The summed E-state index contributed by atoms with van der Waals surface area (Å²) >= 11 is 0. The summed E-state index contributed by atoms with van der Waals surface area (Å²) in [5, 5.41) is 0. The summed E-state index contributed by atoms with van der Waals surface area (Å²) in [5.41, 5.74) is 2.05. The second kappa shape index (κ2) is 10.0. The molecule has 4 nitrogen and oxygen atoms in total. The van der Waals surface area contributed by atoms with Crippen molar-refractivity contribution >= 4 is 5.69 Å². The van der Waals surface area contributed by atoms with Crippen LogP contribution in [0.2, 0.25) is 0 Å². The molecule has 0 aromatic carbocycles. The van der Waals surface area contributed by atoms with E-state index in [0.717, 1.165) is 25.1 Å². The molecule has 4 rings (SSSR count). The fourth-order valence-corrected chi connectivity index (χ4v) is 6.54. The molecule has 3 aliphatic heterocycles. The number of likely N-dealkylation sites (tertiary alicyclic amines) is 1. The van der Waals surface area contributed by atoms with Crippen molar-refractivity contribution in [3.63, 3.8) is 0 Å². The lowest BCUT2D eigenvalue weighted by Gasteiger charge is -2.47. The predicted octanol–water partition coefficient (Wildman–Crippen LogP) is 6.02. The molecule has 0 N–H and O–H groups in total. The van der Waals surface area contributed by atoms with Crippen molar-refractivity contribution in [2.45, 2.75) is 91.7 Å². The molecule has 3 saturated heterocycles. The summed E-state index contributed by atoms with van der Waals surface area (Å²) in [6.07, 6.45) is 13.3. The fourth-order valence-electron chi connectivity index (χ4n) is 6.54. The van der Waals surface area contributed by atoms with Gasteiger partial charge in [-0.1, -0.05) is 34.6 Å². The number of hydrogen-bond acceptors (Lipinski definition) is 4. The number of nitrogens with zero attached hydrogens (tertiary/aromatic N) is 3. The molecular formula is C28H47N3O. The van der Waals surface area contributed by atoms with Crippen LogP contribution in [-0.2, 0) is 4.74 Å². The largest absolute Gasteiger partial charge is 0.378 e. The molecular weight excluding hydrogens is 394 g/mol. The molecule has 3 fully saturated rings.